The second-order valence-corrected chi connectivity index (χ2v) is 6.64. The summed E-state index contributed by atoms with van der Waals surface area (Å²) in [5, 5.41) is 7.99. The highest BCUT2D eigenvalue weighted by molar-refractivity contribution is 6.04. The van der Waals surface area contributed by atoms with E-state index in [9.17, 15) is 9.59 Å². The largest absolute Gasteiger partial charge is 0.481 e. The molecule has 0 atom stereocenters. The highest BCUT2D eigenvalue weighted by Crippen LogP contribution is 2.27. The Bertz CT molecular complexity index is 1090. The van der Waals surface area contributed by atoms with Crippen LogP contribution in [0.5, 0.6) is 5.88 Å². The molecule has 2 amide bonds. The van der Waals surface area contributed by atoms with E-state index >= 15 is 0 Å². The fourth-order valence-corrected chi connectivity index (χ4v) is 3.50. The lowest BCUT2D eigenvalue weighted by Crippen LogP contribution is -2.24. The molecule has 0 spiro atoms. The maximum atomic E-state index is 12.7. The van der Waals surface area contributed by atoms with Gasteiger partial charge in [0.05, 0.1) is 30.4 Å². The van der Waals surface area contributed by atoms with Crippen molar-refractivity contribution in [1.29, 1.82) is 0 Å². The van der Waals surface area contributed by atoms with Crippen molar-refractivity contribution < 1.29 is 14.3 Å². The zero-order valence-corrected chi connectivity index (χ0v) is 16.0. The number of para-hydroxylation sites is 1. The number of methoxy groups -OCH3 is 1. The number of hydrogen-bond acceptors (Lipinski definition) is 5. The molecule has 0 saturated heterocycles. The Morgan fingerprint density at radius 2 is 2.11 bits per heavy atom. The van der Waals surface area contributed by atoms with Crippen LogP contribution in [-0.4, -0.2) is 45.1 Å². The van der Waals surface area contributed by atoms with Gasteiger partial charge < -0.3 is 15.0 Å². The van der Waals surface area contributed by atoms with Gasteiger partial charge in [0.2, 0.25) is 5.88 Å². The molecular weight excluding hydrogens is 358 g/mol. The highest BCUT2D eigenvalue weighted by atomic mass is 16.5. The normalized spacial score (nSPS) is 13.1. The van der Waals surface area contributed by atoms with E-state index in [0.717, 1.165) is 10.9 Å². The Hall–Kier alpha value is -3.42. The fraction of sp³-hybridized carbons (Fsp3) is 0.300. The van der Waals surface area contributed by atoms with Crippen LogP contribution in [0.2, 0.25) is 0 Å². The van der Waals surface area contributed by atoms with Gasteiger partial charge >= 0.3 is 0 Å². The lowest BCUT2D eigenvalue weighted by atomic mass is 10.1. The monoisotopic (exact) mass is 379 g/mol. The molecule has 0 bridgehead atoms. The van der Waals surface area contributed by atoms with Crippen LogP contribution in [0.25, 0.3) is 10.9 Å². The number of aryl methyl sites for hydroxylation is 1. The molecule has 3 aromatic rings. The standard InChI is InChI=1S/C20H21N5O3/c1-4-25-11-15-14(20(25)27)9-12(19(22-15)28-3)10-21-18(26)17-13-7-5-6-8-16(13)24(2)23-17/h5-9H,4,10-11H2,1-3H3,(H,21,26). The zero-order chi connectivity index (χ0) is 19.8. The smallest absolute Gasteiger partial charge is 0.272 e. The lowest BCUT2D eigenvalue weighted by Gasteiger charge is -2.10. The Morgan fingerprint density at radius 3 is 2.86 bits per heavy atom. The first-order valence-corrected chi connectivity index (χ1v) is 9.09. The molecule has 8 nitrogen and oxygen atoms in total. The van der Waals surface area contributed by atoms with Crippen molar-refractivity contribution in [2.75, 3.05) is 13.7 Å². The van der Waals surface area contributed by atoms with E-state index in [1.807, 2.05) is 31.2 Å². The van der Waals surface area contributed by atoms with E-state index in [1.54, 1.807) is 22.7 Å². The van der Waals surface area contributed by atoms with Crippen molar-refractivity contribution in [2.24, 2.45) is 7.05 Å². The van der Waals surface area contributed by atoms with Crippen LogP contribution in [0.4, 0.5) is 0 Å². The molecule has 0 fully saturated rings. The van der Waals surface area contributed by atoms with Crippen LogP contribution in [0, 0.1) is 0 Å². The summed E-state index contributed by atoms with van der Waals surface area (Å²) in [7, 11) is 3.33. The number of nitrogens with zero attached hydrogens (tertiary/aromatic N) is 4. The van der Waals surface area contributed by atoms with Gasteiger partial charge in [-0.25, -0.2) is 4.98 Å². The molecule has 8 heteroatoms. The first kappa shape index (κ1) is 18.0. The molecule has 1 aliphatic heterocycles. The second kappa shape index (κ2) is 6.95. The van der Waals surface area contributed by atoms with Gasteiger partial charge in [0.1, 0.15) is 0 Å². The number of ether oxygens (including phenoxy) is 1. The summed E-state index contributed by atoms with van der Waals surface area (Å²) in [4.78, 5) is 31.3. The zero-order valence-electron chi connectivity index (χ0n) is 16.0. The predicted molar refractivity (Wildman–Crippen MR) is 103 cm³/mol. The van der Waals surface area contributed by atoms with E-state index < -0.39 is 0 Å². The molecule has 0 radical (unpaired) electrons. The van der Waals surface area contributed by atoms with Crippen molar-refractivity contribution >= 4 is 22.7 Å². The van der Waals surface area contributed by atoms with Gasteiger partial charge in [0.25, 0.3) is 11.8 Å². The SMILES string of the molecule is CCN1Cc2nc(OC)c(CNC(=O)c3nn(C)c4ccccc34)cc2C1=O. The fourth-order valence-electron chi connectivity index (χ4n) is 3.50. The van der Waals surface area contributed by atoms with Crippen LogP contribution in [0.1, 0.15) is 39.0 Å². The molecule has 0 unspecified atom stereocenters. The summed E-state index contributed by atoms with van der Waals surface area (Å²) < 4.78 is 7.06. The number of benzene rings is 1. The second-order valence-electron chi connectivity index (χ2n) is 6.64. The Balaban J connectivity index is 1.59. The summed E-state index contributed by atoms with van der Waals surface area (Å²) in [6.07, 6.45) is 0. The minimum absolute atomic E-state index is 0.0454. The summed E-state index contributed by atoms with van der Waals surface area (Å²) in [6.45, 7) is 3.22. The maximum absolute atomic E-state index is 12.7. The number of nitrogens with one attached hydrogen (secondary N) is 1. The number of amides is 2. The van der Waals surface area contributed by atoms with Crippen LogP contribution >= 0.6 is 0 Å². The third-order valence-corrected chi connectivity index (χ3v) is 4.99. The molecule has 1 aliphatic rings. The third kappa shape index (κ3) is 2.87. The third-order valence-electron chi connectivity index (χ3n) is 4.99. The molecule has 144 valence electrons. The van der Waals surface area contributed by atoms with Crippen LogP contribution < -0.4 is 10.1 Å². The van der Waals surface area contributed by atoms with Crippen LogP contribution in [-0.2, 0) is 20.1 Å². The number of aromatic nitrogens is 3. The van der Waals surface area contributed by atoms with E-state index in [4.69, 9.17) is 4.74 Å². The Labute approximate surface area is 162 Å². The number of fused-ring (bicyclic) bond motifs is 2. The molecular formula is C20H21N5O3. The van der Waals surface area contributed by atoms with Crippen LogP contribution in [0.3, 0.4) is 0 Å². The van der Waals surface area contributed by atoms with Gasteiger partial charge in [-0.05, 0) is 19.1 Å². The average molecular weight is 379 g/mol. The van der Waals surface area contributed by atoms with Gasteiger partial charge in [0.15, 0.2) is 5.69 Å². The number of rotatable bonds is 5. The molecule has 4 rings (SSSR count). The maximum Gasteiger partial charge on any atom is 0.272 e. The average Bonchev–Trinajstić information content (AvgIpc) is 3.22. The summed E-state index contributed by atoms with van der Waals surface area (Å²) >= 11 is 0. The van der Waals surface area contributed by atoms with E-state index in [-0.39, 0.29) is 18.4 Å². The van der Waals surface area contributed by atoms with Gasteiger partial charge in [0, 0.05) is 31.1 Å². The molecule has 2 aromatic heterocycles. The van der Waals surface area contributed by atoms with Crippen molar-refractivity contribution in [2.45, 2.75) is 20.0 Å². The predicted octanol–water partition coefficient (Wildman–Crippen LogP) is 1.88. The quantitative estimate of drug-likeness (QED) is 0.731. The van der Waals surface area contributed by atoms with Gasteiger partial charge in [-0.15, -0.1) is 0 Å². The van der Waals surface area contributed by atoms with E-state index in [1.165, 1.54) is 7.11 Å². The molecule has 28 heavy (non-hydrogen) atoms. The van der Waals surface area contributed by atoms with Crippen molar-refractivity contribution in [3.05, 3.63) is 52.8 Å². The molecule has 3 heterocycles. The van der Waals surface area contributed by atoms with Crippen molar-refractivity contribution in [1.82, 2.24) is 25.0 Å². The minimum Gasteiger partial charge on any atom is -0.481 e. The first-order valence-electron chi connectivity index (χ1n) is 9.09. The Kier molecular flexibility index (Phi) is 4.46. The molecule has 1 aromatic carbocycles. The molecule has 1 N–H and O–H groups in total. The summed E-state index contributed by atoms with van der Waals surface area (Å²) in [5.41, 5.74) is 3.17. The number of pyridine rings is 1. The summed E-state index contributed by atoms with van der Waals surface area (Å²) in [5.74, 6) is 0.0764. The molecule has 0 saturated carbocycles. The van der Waals surface area contributed by atoms with Gasteiger partial charge in [-0.3, -0.25) is 14.3 Å². The van der Waals surface area contributed by atoms with Crippen molar-refractivity contribution in [3.8, 4) is 5.88 Å². The Morgan fingerprint density at radius 1 is 1.32 bits per heavy atom. The number of hydrogen-bond donors (Lipinski definition) is 1. The first-order chi connectivity index (χ1) is 13.5. The van der Waals surface area contributed by atoms with Crippen molar-refractivity contribution in [3.63, 3.8) is 0 Å². The van der Waals surface area contributed by atoms with E-state index in [0.29, 0.717) is 41.5 Å². The minimum atomic E-state index is -0.291. The summed E-state index contributed by atoms with van der Waals surface area (Å²) in [6, 6.07) is 9.32. The lowest BCUT2D eigenvalue weighted by molar-refractivity contribution is 0.0786. The van der Waals surface area contributed by atoms with Gasteiger partial charge in [-0.1, -0.05) is 18.2 Å². The number of carbonyl (C=O) groups excluding carboxylic acids is 2. The topological polar surface area (TPSA) is 89.3 Å². The highest BCUT2D eigenvalue weighted by Gasteiger charge is 2.29. The van der Waals surface area contributed by atoms with E-state index in [2.05, 4.69) is 15.4 Å². The molecule has 0 aliphatic carbocycles. The number of carbonyl (C=O) groups is 2. The van der Waals surface area contributed by atoms with Crippen LogP contribution in [0.15, 0.2) is 30.3 Å². The van der Waals surface area contributed by atoms with Gasteiger partial charge in [-0.2, -0.15) is 5.10 Å².